The van der Waals surface area contributed by atoms with Crippen LogP contribution in [-0.2, 0) is 16.1 Å². The number of nitrogens with zero attached hydrogens (tertiary/aromatic N) is 1. The minimum absolute atomic E-state index is 0.0177. The Morgan fingerprint density at radius 1 is 1.17 bits per heavy atom. The highest BCUT2D eigenvalue weighted by Gasteiger charge is 2.16. The van der Waals surface area contributed by atoms with E-state index in [1.165, 1.54) is 6.07 Å². The van der Waals surface area contributed by atoms with Crippen LogP contribution in [0.1, 0.15) is 61.4 Å². The SMILES string of the molecule is CCCN(CCC)C(=O)CCC(=O)NCc1cc(C(=O)O)c(C)o1. The van der Waals surface area contributed by atoms with E-state index >= 15 is 0 Å². The van der Waals surface area contributed by atoms with Crippen molar-refractivity contribution in [2.45, 2.75) is 53.0 Å². The van der Waals surface area contributed by atoms with Gasteiger partial charge in [-0.25, -0.2) is 4.79 Å². The third kappa shape index (κ3) is 6.06. The molecule has 2 amide bonds. The molecule has 0 fully saturated rings. The van der Waals surface area contributed by atoms with Crippen molar-refractivity contribution >= 4 is 17.8 Å². The Balaban J connectivity index is 2.42. The summed E-state index contributed by atoms with van der Waals surface area (Å²) in [6.45, 7) is 7.10. The van der Waals surface area contributed by atoms with Crippen LogP contribution in [0.15, 0.2) is 10.5 Å². The molecule has 0 saturated heterocycles. The van der Waals surface area contributed by atoms with Crippen LogP contribution in [0.3, 0.4) is 0 Å². The molecule has 0 radical (unpaired) electrons. The van der Waals surface area contributed by atoms with E-state index in [1.54, 1.807) is 11.8 Å². The zero-order chi connectivity index (χ0) is 18.1. The van der Waals surface area contributed by atoms with Gasteiger partial charge in [-0.05, 0) is 25.8 Å². The number of rotatable bonds is 10. The molecule has 1 aromatic heterocycles. The lowest BCUT2D eigenvalue weighted by Gasteiger charge is -2.21. The average Bonchev–Trinajstić information content (AvgIpc) is 2.91. The average molecular weight is 338 g/mol. The first-order valence-electron chi connectivity index (χ1n) is 8.26. The highest BCUT2D eigenvalue weighted by atomic mass is 16.4. The summed E-state index contributed by atoms with van der Waals surface area (Å²) in [6.07, 6.45) is 2.06. The Labute approximate surface area is 142 Å². The summed E-state index contributed by atoms with van der Waals surface area (Å²) < 4.78 is 5.28. The van der Waals surface area contributed by atoms with Gasteiger partial charge in [0, 0.05) is 25.9 Å². The van der Waals surface area contributed by atoms with Gasteiger partial charge in [0.15, 0.2) is 0 Å². The first-order valence-corrected chi connectivity index (χ1v) is 8.26. The van der Waals surface area contributed by atoms with E-state index in [-0.39, 0.29) is 36.8 Å². The Morgan fingerprint density at radius 3 is 2.29 bits per heavy atom. The van der Waals surface area contributed by atoms with Gasteiger partial charge in [-0.15, -0.1) is 0 Å². The van der Waals surface area contributed by atoms with E-state index in [0.29, 0.717) is 24.6 Å². The van der Waals surface area contributed by atoms with Gasteiger partial charge in [0.2, 0.25) is 11.8 Å². The molecule has 0 unspecified atom stereocenters. The van der Waals surface area contributed by atoms with Crippen LogP contribution in [0.5, 0.6) is 0 Å². The second-order valence-corrected chi connectivity index (χ2v) is 5.65. The molecule has 1 aromatic rings. The summed E-state index contributed by atoms with van der Waals surface area (Å²) in [5.41, 5.74) is 0.0872. The van der Waals surface area contributed by atoms with Crippen molar-refractivity contribution < 1.29 is 23.9 Å². The van der Waals surface area contributed by atoms with Crippen molar-refractivity contribution in [3.63, 3.8) is 0 Å². The van der Waals surface area contributed by atoms with E-state index in [0.717, 1.165) is 12.8 Å². The number of hydrogen-bond donors (Lipinski definition) is 2. The summed E-state index contributed by atoms with van der Waals surface area (Å²) >= 11 is 0. The van der Waals surface area contributed by atoms with Crippen molar-refractivity contribution in [3.05, 3.63) is 23.2 Å². The molecule has 0 bridgehead atoms. The van der Waals surface area contributed by atoms with Crippen molar-refractivity contribution in [3.8, 4) is 0 Å². The molecule has 7 nitrogen and oxygen atoms in total. The van der Waals surface area contributed by atoms with E-state index in [9.17, 15) is 14.4 Å². The Hall–Kier alpha value is -2.31. The molecule has 0 atom stereocenters. The zero-order valence-corrected chi connectivity index (χ0v) is 14.6. The van der Waals surface area contributed by atoms with Crippen LogP contribution >= 0.6 is 0 Å². The maximum Gasteiger partial charge on any atom is 0.339 e. The molecule has 0 saturated carbocycles. The number of carboxylic acid groups (broad SMARTS) is 1. The Bertz CT molecular complexity index is 574. The third-order valence-corrected chi connectivity index (χ3v) is 3.56. The summed E-state index contributed by atoms with van der Waals surface area (Å²) in [6, 6.07) is 1.40. The maximum atomic E-state index is 12.1. The highest BCUT2D eigenvalue weighted by molar-refractivity contribution is 5.89. The molecule has 0 aliphatic heterocycles. The summed E-state index contributed by atoms with van der Waals surface area (Å²) in [7, 11) is 0. The van der Waals surface area contributed by atoms with Gasteiger partial charge in [-0.2, -0.15) is 0 Å². The molecule has 1 heterocycles. The molecule has 0 aliphatic rings. The standard InChI is InChI=1S/C17H26N2O5/c1-4-8-19(9-5-2)16(21)7-6-15(20)18-11-13-10-14(17(22)23)12(3)24-13/h10H,4-9,11H2,1-3H3,(H,18,20)(H,22,23). The zero-order valence-electron chi connectivity index (χ0n) is 14.6. The van der Waals surface area contributed by atoms with Crippen molar-refractivity contribution in [2.75, 3.05) is 13.1 Å². The predicted octanol–water partition coefficient (Wildman–Crippen LogP) is 2.33. The van der Waals surface area contributed by atoms with Gasteiger partial charge in [0.05, 0.1) is 6.54 Å². The van der Waals surface area contributed by atoms with E-state index in [4.69, 9.17) is 9.52 Å². The van der Waals surface area contributed by atoms with Crippen LogP contribution < -0.4 is 5.32 Å². The number of carboxylic acids is 1. The number of nitrogens with one attached hydrogen (secondary N) is 1. The van der Waals surface area contributed by atoms with Crippen LogP contribution in [0.25, 0.3) is 0 Å². The lowest BCUT2D eigenvalue weighted by Crippen LogP contribution is -2.33. The van der Waals surface area contributed by atoms with E-state index < -0.39 is 5.97 Å². The molecule has 134 valence electrons. The molecular weight excluding hydrogens is 312 g/mol. The molecule has 0 aliphatic carbocycles. The van der Waals surface area contributed by atoms with Crippen LogP contribution in [-0.4, -0.2) is 40.9 Å². The molecule has 2 N–H and O–H groups in total. The summed E-state index contributed by atoms with van der Waals surface area (Å²) in [4.78, 5) is 36.6. The minimum Gasteiger partial charge on any atom is -0.478 e. The first kappa shape index (κ1) is 19.7. The lowest BCUT2D eigenvalue weighted by atomic mass is 10.2. The molecule has 0 spiro atoms. The molecule has 24 heavy (non-hydrogen) atoms. The number of furan rings is 1. The Kier molecular flexibility index (Phi) is 8.01. The van der Waals surface area contributed by atoms with E-state index in [1.807, 2.05) is 13.8 Å². The smallest absolute Gasteiger partial charge is 0.339 e. The van der Waals surface area contributed by atoms with E-state index in [2.05, 4.69) is 5.32 Å². The number of carbonyl (C=O) groups is 3. The monoisotopic (exact) mass is 338 g/mol. The Morgan fingerprint density at radius 2 is 1.79 bits per heavy atom. The summed E-state index contributed by atoms with van der Waals surface area (Å²) in [5, 5.41) is 11.6. The normalized spacial score (nSPS) is 10.5. The summed E-state index contributed by atoms with van der Waals surface area (Å²) in [5.74, 6) is -0.663. The molecule has 0 aromatic carbocycles. The van der Waals surface area contributed by atoms with Crippen molar-refractivity contribution in [1.82, 2.24) is 10.2 Å². The number of carbonyl (C=O) groups excluding carboxylic acids is 2. The van der Waals surface area contributed by atoms with Crippen molar-refractivity contribution in [1.29, 1.82) is 0 Å². The minimum atomic E-state index is -1.06. The second kappa shape index (κ2) is 9.75. The fourth-order valence-electron chi connectivity index (χ4n) is 2.40. The van der Waals surface area contributed by atoms with Gasteiger partial charge in [-0.1, -0.05) is 13.8 Å². The highest BCUT2D eigenvalue weighted by Crippen LogP contribution is 2.14. The third-order valence-electron chi connectivity index (χ3n) is 3.56. The second-order valence-electron chi connectivity index (χ2n) is 5.65. The van der Waals surface area contributed by atoms with Gasteiger partial charge in [0.1, 0.15) is 17.1 Å². The first-order chi connectivity index (χ1) is 11.4. The molecule has 7 heteroatoms. The molecular formula is C17H26N2O5. The lowest BCUT2D eigenvalue weighted by molar-refractivity contribution is -0.133. The molecule has 1 rings (SSSR count). The fraction of sp³-hybridized carbons (Fsp3) is 0.588. The van der Waals surface area contributed by atoms with Crippen LogP contribution in [0, 0.1) is 6.92 Å². The number of hydrogen-bond acceptors (Lipinski definition) is 4. The fourth-order valence-corrected chi connectivity index (χ4v) is 2.40. The number of aryl methyl sites for hydroxylation is 1. The van der Waals surface area contributed by atoms with Gasteiger partial charge >= 0.3 is 5.97 Å². The van der Waals surface area contributed by atoms with Crippen LogP contribution in [0.2, 0.25) is 0 Å². The number of aromatic carboxylic acids is 1. The maximum absolute atomic E-state index is 12.1. The topological polar surface area (TPSA) is 99.9 Å². The van der Waals surface area contributed by atoms with Crippen LogP contribution in [0.4, 0.5) is 0 Å². The quantitative estimate of drug-likeness (QED) is 0.682. The predicted molar refractivity (Wildman–Crippen MR) is 88.6 cm³/mol. The largest absolute Gasteiger partial charge is 0.478 e. The van der Waals surface area contributed by atoms with Gasteiger partial charge < -0.3 is 19.7 Å². The van der Waals surface area contributed by atoms with Gasteiger partial charge in [-0.3, -0.25) is 9.59 Å². The number of amides is 2. The van der Waals surface area contributed by atoms with Crippen molar-refractivity contribution in [2.24, 2.45) is 0 Å². The van der Waals surface area contributed by atoms with Gasteiger partial charge in [0.25, 0.3) is 0 Å².